The van der Waals surface area contributed by atoms with Crippen LogP contribution in [0.2, 0.25) is 0 Å². The van der Waals surface area contributed by atoms with Gasteiger partial charge in [0.15, 0.2) is 0 Å². The highest BCUT2D eigenvalue weighted by Gasteiger charge is 2.30. The number of hydrogen-bond acceptors (Lipinski definition) is 7. The Morgan fingerprint density at radius 3 is 1.68 bits per heavy atom. The first kappa shape index (κ1) is 39.4. The summed E-state index contributed by atoms with van der Waals surface area (Å²) in [6.45, 7) is 3.93. The second-order valence-corrected chi connectivity index (χ2v) is 10.6. The van der Waals surface area contributed by atoms with Crippen molar-refractivity contribution in [3.63, 3.8) is 0 Å². The van der Waals surface area contributed by atoms with E-state index in [9.17, 15) is 8.78 Å². The van der Waals surface area contributed by atoms with Gasteiger partial charge in [-0.15, -0.1) is 0 Å². The largest absolute Gasteiger partial charge is 1.00 e. The molecule has 0 amide bonds. The van der Waals surface area contributed by atoms with Gasteiger partial charge in [-0.3, -0.25) is 0 Å². The van der Waals surface area contributed by atoms with Crippen molar-refractivity contribution >= 4 is 31.9 Å². The molecule has 0 unspecified atom stereocenters. The minimum atomic E-state index is -0.368. The Hall–Kier alpha value is -0.610. The fourth-order valence-corrected chi connectivity index (χ4v) is 4.00. The molecule has 1 saturated heterocycles. The summed E-state index contributed by atoms with van der Waals surface area (Å²) in [5.41, 5.74) is 0. The van der Waals surface area contributed by atoms with Gasteiger partial charge in [-0.1, -0.05) is 0 Å². The summed E-state index contributed by atoms with van der Waals surface area (Å²) in [6.07, 6.45) is 6.82. The minimum Gasteiger partial charge on any atom is -1.00 e. The van der Waals surface area contributed by atoms with Crippen LogP contribution in [-0.2, 0) is 14.2 Å². The molecule has 2 aromatic rings. The fourth-order valence-electron chi connectivity index (χ4n) is 3.27. The standard InChI is InChI=1S/C11H12BrFO2.C6H4BrFO.C5H10O2.C4H8O.C2H6O.HI/c1-14-8-4-9(5-8)15-7-2-3-11(13)10(12)6-7;7-5-3-4(9)1-2-6(5)8;1-7-5-2-4(6)3-5;1-2-4-5-3-1;1-2-3;/h2-3,6,8-9H,4-5H2,1H3;1-3,9H;4-6H,2-3H2,1H3;1-4H2;3H,2H2,1H3;1H/p-1. The first-order chi connectivity index (χ1) is 18.6. The predicted octanol–water partition coefficient (Wildman–Crippen LogP) is 3.39. The molecule has 0 aromatic heterocycles. The number of aromatic hydroxyl groups is 1. The molecule has 2 aromatic carbocycles. The number of hydrogen-bond donors (Lipinski definition) is 3. The Labute approximate surface area is 269 Å². The number of benzene rings is 2. The zero-order valence-electron chi connectivity index (χ0n) is 23.0. The Balaban J connectivity index is 0.000000522. The highest BCUT2D eigenvalue weighted by atomic mass is 127. The highest BCUT2D eigenvalue weighted by molar-refractivity contribution is 9.10. The van der Waals surface area contributed by atoms with Gasteiger partial charge in [0.2, 0.25) is 0 Å². The van der Waals surface area contributed by atoms with Crippen LogP contribution < -0.4 is 28.7 Å². The Kier molecular flexibility index (Phi) is 22.6. The third kappa shape index (κ3) is 16.7. The molecule has 2 saturated carbocycles. The first-order valence-electron chi connectivity index (χ1n) is 12.8. The van der Waals surface area contributed by atoms with E-state index in [0.717, 1.165) is 38.9 Å². The summed E-state index contributed by atoms with van der Waals surface area (Å²) in [7, 11) is 3.38. The molecule has 3 fully saturated rings. The SMILES string of the molecule is C1CCOC1.CCO.COC1CC(O)C1.COC1CC(Oc2ccc(F)c(Br)c2)C1.Oc1ccc(F)c(Br)c1.[I-]. The smallest absolute Gasteiger partial charge is 0.137 e. The maximum atomic E-state index is 12.9. The predicted molar refractivity (Wildman–Crippen MR) is 153 cm³/mol. The summed E-state index contributed by atoms with van der Waals surface area (Å²) >= 11 is 6.03. The zero-order chi connectivity index (χ0) is 29.2. The van der Waals surface area contributed by atoms with E-state index in [1.54, 1.807) is 33.3 Å². The molecule has 2 aliphatic carbocycles. The second-order valence-electron chi connectivity index (χ2n) is 8.86. The van der Waals surface area contributed by atoms with Crippen LogP contribution in [0.15, 0.2) is 45.3 Å². The van der Waals surface area contributed by atoms with Crippen LogP contribution in [0, 0.1) is 11.6 Å². The van der Waals surface area contributed by atoms with Crippen molar-refractivity contribution in [2.45, 2.75) is 69.9 Å². The third-order valence-corrected chi connectivity index (χ3v) is 6.93. The van der Waals surface area contributed by atoms with Gasteiger partial charge in [0.1, 0.15) is 29.2 Å². The van der Waals surface area contributed by atoms with Gasteiger partial charge >= 0.3 is 0 Å². The van der Waals surface area contributed by atoms with E-state index in [2.05, 4.69) is 31.9 Å². The van der Waals surface area contributed by atoms with E-state index in [1.807, 2.05) is 0 Å². The van der Waals surface area contributed by atoms with Crippen molar-refractivity contribution in [1.82, 2.24) is 0 Å². The summed E-state index contributed by atoms with van der Waals surface area (Å²) in [4.78, 5) is 0. The van der Waals surface area contributed by atoms with Crippen molar-refractivity contribution in [3.8, 4) is 11.5 Å². The van der Waals surface area contributed by atoms with E-state index >= 15 is 0 Å². The average Bonchev–Trinajstić information content (AvgIpc) is 3.45. The molecule has 230 valence electrons. The number of aliphatic hydroxyl groups is 2. The lowest BCUT2D eigenvalue weighted by Gasteiger charge is -2.34. The molecule has 40 heavy (non-hydrogen) atoms. The number of phenols is 1. The highest BCUT2D eigenvalue weighted by Crippen LogP contribution is 2.29. The van der Waals surface area contributed by atoms with Gasteiger partial charge in [-0.05, 0) is 101 Å². The second kappa shape index (κ2) is 22.9. The fraction of sp³-hybridized carbons (Fsp3) is 0.571. The quantitative estimate of drug-likeness (QED) is 0.408. The molecule has 3 aliphatic rings. The number of ether oxygens (including phenoxy) is 4. The molecule has 3 N–H and O–H groups in total. The normalized spacial score (nSPS) is 21.9. The van der Waals surface area contributed by atoms with E-state index in [0.29, 0.717) is 22.4 Å². The van der Waals surface area contributed by atoms with Crippen LogP contribution in [0.5, 0.6) is 11.5 Å². The van der Waals surface area contributed by atoms with Gasteiger partial charge in [0.25, 0.3) is 0 Å². The van der Waals surface area contributed by atoms with Gasteiger partial charge in [-0.2, -0.15) is 0 Å². The lowest BCUT2D eigenvalue weighted by Crippen LogP contribution is -3.00. The van der Waals surface area contributed by atoms with Crippen LogP contribution in [0.25, 0.3) is 0 Å². The van der Waals surface area contributed by atoms with Crippen LogP contribution in [0.4, 0.5) is 8.78 Å². The number of phenolic OH excluding ortho intramolecular Hbond substituents is 1. The molecule has 5 rings (SSSR count). The van der Waals surface area contributed by atoms with Crippen molar-refractivity contribution in [2.24, 2.45) is 0 Å². The zero-order valence-corrected chi connectivity index (χ0v) is 28.3. The van der Waals surface area contributed by atoms with Gasteiger partial charge < -0.3 is 58.2 Å². The van der Waals surface area contributed by atoms with E-state index in [4.69, 9.17) is 34.3 Å². The summed E-state index contributed by atoms with van der Waals surface area (Å²) in [6, 6.07) is 8.47. The third-order valence-electron chi connectivity index (χ3n) is 5.71. The Morgan fingerprint density at radius 1 is 0.850 bits per heavy atom. The Morgan fingerprint density at radius 2 is 1.32 bits per heavy atom. The minimum absolute atomic E-state index is 0. The molecule has 0 bridgehead atoms. The van der Waals surface area contributed by atoms with Crippen molar-refractivity contribution in [1.29, 1.82) is 0 Å². The molecule has 0 radical (unpaired) electrons. The maximum absolute atomic E-state index is 12.9. The topological polar surface area (TPSA) is 97.6 Å². The monoisotopic (exact) mass is 811 g/mol. The van der Waals surface area contributed by atoms with Crippen LogP contribution in [-0.4, -0.2) is 73.8 Å². The van der Waals surface area contributed by atoms with Crippen LogP contribution in [0.1, 0.15) is 45.4 Å². The van der Waals surface area contributed by atoms with Crippen LogP contribution in [0.3, 0.4) is 0 Å². The van der Waals surface area contributed by atoms with Gasteiger partial charge in [0, 0.05) is 46.9 Å². The van der Waals surface area contributed by atoms with Gasteiger partial charge in [-0.25, -0.2) is 8.78 Å². The average molecular weight is 813 g/mol. The number of aliphatic hydroxyl groups excluding tert-OH is 2. The number of halogens is 5. The molecular weight excluding hydrogens is 773 g/mol. The van der Waals surface area contributed by atoms with E-state index in [1.165, 1.54) is 37.1 Å². The first-order valence-corrected chi connectivity index (χ1v) is 14.4. The van der Waals surface area contributed by atoms with E-state index < -0.39 is 0 Å². The van der Waals surface area contributed by atoms with Crippen molar-refractivity contribution < 1.29 is 67.0 Å². The molecule has 0 spiro atoms. The summed E-state index contributed by atoms with van der Waals surface area (Å²) < 4.78 is 46.6. The number of methoxy groups -OCH3 is 2. The van der Waals surface area contributed by atoms with Crippen molar-refractivity contribution in [3.05, 3.63) is 57.0 Å². The molecule has 12 heteroatoms. The molecular formula is C28H40Br2F2IO7-. The summed E-state index contributed by atoms with van der Waals surface area (Å²) in [5.74, 6) is 0.115. The lowest BCUT2D eigenvalue weighted by molar-refractivity contribution is -0.0499. The van der Waals surface area contributed by atoms with Crippen molar-refractivity contribution in [2.75, 3.05) is 34.0 Å². The molecule has 7 nitrogen and oxygen atoms in total. The summed E-state index contributed by atoms with van der Waals surface area (Å²) in [5, 5.41) is 25.0. The Bertz CT molecular complexity index is 922. The lowest BCUT2D eigenvalue weighted by atomic mass is 9.92. The van der Waals surface area contributed by atoms with Gasteiger partial charge in [0.05, 0.1) is 27.3 Å². The van der Waals surface area contributed by atoms with Crippen LogP contribution >= 0.6 is 31.9 Å². The van der Waals surface area contributed by atoms with E-state index in [-0.39, 0.29) is 64.6 Å². The molecule has 1 aliphatic heterocycles. The molecule has 1 heterocycles. The molecule has 0 atom stereocenters. The maximum Gasteiger partial charge on any atom is 0.137 e. The number of rotatable bonds is 4.